The number of halogens is 1. The van der Waals surface area contributed by atoms with Gasteiger partial charge >= 0.3 is 0 Å². The van der Waals surface area contributed by atoms with Gasteiger partial charge in [0.05, 0.1) is 11.1 Å². The van der Waals surface area contributed by atoms with Crippen LogP contribution in [0.3, 0.4) is 0 Å². The summed E-state index contributed by atoms with van der Waals surface area (Å²) in [6, 6.07) is 11.0. The average Bonchev–Trinajstić information content (AvgIpc) is 3.26. The molecule has 3 heterocycles. The predicted octanol–water partition coefficient (Wildman–Crippen LogP) is 6.12. The van der Waals surface area contributed by atoms with Gasteiger partial charge in [0.15, 0.2) is 16.6 Å². The molecule has 27 heavy (non-hydrogen) atoms. The fourth-order valence-corrected chi connectivity index (χ4v) is 4.64. The normalized spacial score (nSPS) is 11.9. The number of fused-ring (bicyclic) bond motifs is 1. The van der Waals surface area contributed by atoms with E-state index in [1.807, 2.05) is 69.6 Å². The lowest BCUT2D eigenvalue weighted by atomic mass is 10.1. The number of hydrogen-bond donors (Lipinski definition) is 0. The van der Waals surface area contributed by atoms with Crippen LogP contribution in [0.25, 0.3) is 22.2 Å². The first-order chi connectivity index (χ1) is 13.0. The molecule has 0 radical (unpaired) electrons. The fraction of sp³-hybridized carbons (Fsp3) is 0.190. The van der Waals surface area contributed by atoms with E-state index in [4.69, 9.17) is 0 Å². The number of pyridine rings is 1. The minimum absolute atomic E-state index is 0.402. The highest BCUT2D eigenvalue weighted by Gasteiger charge is 2.18. The quantitative estimate of drug-likeness (QED) is 0.415. The summed E-state index contributed by atoms with van der Waals surface area (Å²) in [5.41, 5.74) is 3.48. The van der Waals surface area contributed by atoms with Gasteiger partial charge < -0.3 is 0 Å². The molecule has 0 bridgehead atoms. The number of aryl methyl sites for hydroxylation is 2. The highest BCUT2D eigenvalue weighted by molar-refractivity contribution is 7.83. The molecule has 0 spiro atoms. The zero-order chi connectivity index (χ0) is 19.6. The van der Waals surface area contributed by atoms with Crippen LogP contribution < -0.4 is 0 Å². The van der Waals surface area contributed by atoms with Gasteiger partial charge in [0.25, 0.3) is 0 Å². The van der Waals surface area contributed by atoms with Crippen LogP contribution in [0.4, 0.5) is 4.39 Å². The van der Waals surface area contributed by atoms with Crippen LogP contribution in [0.5, 0.6) is 0 Å². The van der Waals surface area contributed by atoms with Crippen LogP contribution in [0, 0.1) is 19.7 Å². The maximum atomic E-state index is 13.8. The number of nitrogens with zero attached hydrogens (tertiary/aromatic N) is 2. The van der Waals surface area contributed by atoms with E-state index in [0.29, 0.717) is 15.9 Å². The van der Waals surface area contributed by atoms with E-state index >= 15 is 0 Å². The summed E-state index contributed by atoms with van der Waals surface area (Å²) in [4.78, 5) is 6.02. The summed E-state index contributed by atoms with van der Waals surface area (Å²) in [6.07, 6.45) is 2.97. The zero-order valence-electron chi connectivity index (χ0n) is 15.7. The molecule has 6 heteroatoms. The van der Waals surface area contributed by atoms with Gasteiger partial charge in [-0.1, -0.05) is 31.5 Å². The van der Waals surface area contributed by atoms with Crippen molar-refractivity contribution >= 4 is 33.4 Å². The Labute approximate surface area is 165 Å². The first-order valence-corrected chi connectivity index (χ1v) is 10.7. The first-order valence-electron chi connectivity index (χ1n) is 8.74. The predicted molar refractivity (Wildman–Crippen MR) is 112 cm³/mol. The van der Waals surface area contributed by atoms with Gasteiger partial charge in [0, 0.05) is 22.0 Å². The number of aromatic nitrogens is 2. The lowest BCUT2D eigenvalue weighted by molar-refractivity contribution is 0.624. The molecule has 0 saturated carbocycles. The molecule has 0 saturated heterocycles. The molecule has 0 amide bonds. The van der Waals surface area contributed by atoms with E-state index in [-0.39, 0.29) is 0 Å². The minimum atomic E-state index is -1.45. The highest BCUT2D eigenvalue weighted by atomic mass is 32.2. The molecule has 0 fully saturated rings. The van der Waals surface area contributed by atoms with Crippen LogP contribution >= 0.6 is 11.3 Å². The Morgan fingerprint density at radius 2 is 1.78 bits per heavy atom. The Balaban J connectivity index is 0.00000102. The van der Waals surface area contributed by atoms with E-state index in [0.717, 1.165) is 27.8 Å². The number of rotatable bonds is 3. The van der Waals surface area contributed by atoms with E-state index in [9.17, 15) is 8.60 Å². The fourth-order valence-electron chi connectivity index (χ4n) is 2.83. The Morgan fingerprint density at radius 3 is 2.41 bits per heavy atom. The standard InChI is InChI=1S/C19H15FN2OS2.C2H6/c1-12-3-5-15(6-4-12)25(23)22-11-18(16-7-8-24-13(16)2)17-9-14(20)10-21-19(17)22;1-2/h3-11H,1-2H3;1-2H3. The van der Waals surface area contributed by atoms with Gasteiger partial charge in [-0.05, 0) is 49.1 Å². The molecule has 0 aliphatic carbocycles. The van der Waals surface area contributed by atoms with Crippen LogP contribution in [-0.2, 0) is 11.0 Å². The SMILES string of the molecule is CC.Cc1ccc(S(=O)n2cc(-c3ccsc3C)c3cc(F)cnc32)cc1. The van der Waals surface area contributed by atoms with Crippen molar-refractivity contribution in [2.75, 3.05) is 0 Å². The van der Waals surface area contributed by atoms with Crippen LogP contribution in [-0.4, -0.2) is 13.2 Å². The Morgan fingerprint density at radius 1 is 1.07 bits per heavy atom. The van der Waals surface area contributed by atoms with Crippen molar-refractivity contribution in [3.05, 3.63) is 70.4 Å². The molecule has 4 aromatic rings. The number of benzene rings is 1. The van der Waals surface area contributed by atoms with Gasteiger partial charge in [0.2, 0.25) is 0 Å². The third-order valence-electron chi connectivity index (χ3n) is 4.13. The van der Waals surface area contributed by atoms with Crippen molar-refractivity contribution in [3.63, 3.8) is 0 Å². The van der Waals surface area contributed by atoms with Crippen molar-refractivity contribution in [2.45, 2.75) is 32.6 Å². The summed E-state index contributed by atoms with van der Waals surface area (Å²) in [5.74, 6) is -0.402. The highest BCUT2D eigenvalue weighted by Crippen LogP contribution is 2.35. The minimum Gasteiger partial charge on any atom is -0.245 e. The molecular weight excluding hydrogens is 379 g/mol. The van der Waals surface area contributed by atoms with Crippen molar-refractivity contribution in [2.24, 2.45) is 0 Å². The molecule has 0 aliphatic heterocycles. The molecule has 0 aliphatic rings. The molecule has 1 aromatic carbocycles. The molecule has 1 atom stereocenters. The summed E-state index contributed by atoms with van der Waals surface area (Å²) in [7, 11) is -1.45. The molecule has 0 N–H and O–H groups in total. The third kappa shape index (κ3) is 3.73. The van der Waals surface area contributed by atoms with Crippen molar-refractivity contribution in [1.29, 1.82) is 0 Å². The second kappa shape index (κ2) is 8.15. The second-order valence-corrected chi connectivity index (χ2v) is 8.33. The molecular formula is C21H21FN2OS2. The summed E-state index contributed by atoms with van der Waals surface area (Å²) < 4.78 is 28.5. The monoisotopic (exact) mass is 400 g/mol. The first kappa shape index (κ1) is 19.5. The van der Waals surface area contributed by atoms with E-state index in [2.05, 4.69) is 4.98 Å². The van der Waals surface area contributed by atoms with E-state index in [1.165, 1.54) is 6.07 Å². The van der Waals surface area contributed by atoms with Gasteiger partial charge in [0.1, 0.15) is 5.82 Å². The maximum absolute atomic E-state index is 13.8. The summed E-state index contributed by atoms with van der Waals surface area (Å²) in [5, 5.41) is 2.67. The van der Waals surface area contributed by atoms with Crippen LogP contribution in [0.2, 0.25) is 0 Å². The van der Waals surface area contributed by atoms with E-state index < -0.39 is 16.8 Å². The van der Waals surface area contributed by atoms with Gasteiger partial charge in [-0.25, -0.2) is 17.6 Å². The number of hydrogen-bond acceptors (Lipinski definition) is 3. The average molecular weight is 401 g/mol. The Hall–Kier alpha value is -2.31. The van der Waals surface area contributed by atoms with Crippen LogP contribution in [0.15, 0.2) is 59.1 Å². The summed E-state index contributed by atoms with van der Waals surface area (Å²) >= 11 is 1.63. The zero-order valence-corrected chi connectivity index (χ0v) is 17.3. The summed E-state index contributed by atoms with van der Waals surface area (Å²) in [6.45, 7) is 8.01. The molecule has 140 valence electrons. The van der Waals surface area contributed by atoms with Crippen molar-refractivity contribution in [3.8, 4) is 11.1 Å². The second-order valence-electron chi connectivity index (χ2n) is 5.85. The Bertz CT molecular complexity index is 1100. The molecule has 4 rings (SSSR count). The molecule has 3 aromatic heterocycles. The smallest absolute Gasteiger partial charge is 0.158 e. The topological polar surface area (TPSA) is 34.9 Å². The van der Waals surface area contributed by atoms with E-state index in [1.54, 1.807) is 15.3 Å². The largest absolute Gasteiger partial charge is 0.245 e. The van der Waals surface area contributed by atoms with Crippen molar-refractivity contribution in [1.82, 2.24) is 8.96 Å². The van der Waals surface area contributed by atoms with Gasteiger partial charge in [-0.2, -0.15) is 0 Å². The van der Waals surface area contributed by atoms with Crippen molar-refractivity contribution < 1.29 is 8.60 Å². The molecule has 1 unspecified atom stereocenters. The molecule has 3 nitrogen and oxygen atoms in total. The van der Waals surface area contributed by atoms with Gasteiger partial charge in [-0.15, -0.1) is 11.3 Å². The third-order valence-corrected chi connectivity index (χ3v) is 6.29. The van der Waals surface area contributed by atoms with Crippen LogP contribution in [0.1, 0.15) is 24.3 Å². The Kier molecular flexibility index (Phi) is 5.87. The maximum Gasteiger partial charge on any atom is 0.158 e. The number of thiophene rings is 1. The lowest BCUT2D eigenvalue weighted by Gasteiger charge is -2.05. The van der Waals surface area contributed by atoms with Gasteiger partial charge in [-0.3, -0.25) is 0 Å². The lowest BCUT2D eigenvalue weighted by Crippen LogP contribution is -2.04.